The largest absolute Gasteiger partial charge is 0.458 e. The van der Waals surface area contributed by atoms with E-state index in [1.165, 1.54) is 6.92 Å². The zero-order valence-corrected chi connectivity index (χ0v) is 35.9. The van der Waals surface area contributed by atoms with Gasteiger partial charge in [0.1, 0.15) is 34.5 Å². The van der Waals surface area contributed by atoms with E-state index in [1.807, 2.05) is 6.92 Å². The van der Waals surface area contributed by atoms with Crippen LogP contribution < -0.4 is 10.6 Å². The lowest BCUT2D eigenvalue weighted by atomic mass is 9.75. The molecule has 2 heterocycles. The molecule has 2 aliphatic carbocycles. The average Bonchev–Trinajstić information content (AvgIpc) is 3.53. The molecule has 0 spiro atoms. The third kappa shape index (κ3) is 11.1. The summed E-state index contributed by atoms with van der Waals surface area (Å²) in [6.07, 6.45) is 5.67. The number of nitrogens with zero attached hydrogens (tertiary/aromatic N) is 1. The van der Waals surface area contributed by atoms with E-state index in [2.05, 4.69) is 57.2 Å². The van der Waals surface area contributed by atoms with Crippen molar-refractivity contribution in [2.24, 2.45) is 40.5 Å². The molecule has 2 saturated carbocycles. The molecule has 15 heteroatoms. The van der Waals surface area contributed by atoms with Crippen molar-refractivity contribution in [3.63, 3.8) is 0 Å². The Hall–Kier alpha value is -2.98. The van der Waals surface area contributed by atoms with Crippen LogP contribution in [0.2, 0.25) is 0 Å². The van der Waals surface area contributed by atoms with Crippen LogP contribution in [0.3, 0.4) is 0 Å². The fraction of sp³-hybridized carbons (Fsp3) is 0.700. The van der Waals surface area contributed by atoms with Gasteiger partial charge in [-0.2, -0.15) is 8.42 Å². The van der Waals surface area contributed by atoms with Gasteiger partial charge in [-0.15, -0.1) is 11.8 Å². The van der Waals surface area contributed by atoms with E-state index in [4.69, 9.17) is 19.5 Å². The summed E-state index contributed by atoms with van der Waals surface area (Å²) in [6, 6.07) is 0. The molecule has 0 saturated heterocycles. The van der Waals surface area contributed by atoms with Crippen LogP contribution in [0.15, 0.2) is 21.8 Å². The fourth-order valence-electron chi connectivity index (χ4n) is 8.71. The molecule has 13 nitrogen and oxygen atoms in total. The monoisotopic (exact) mass is 806 g/mol. The minimum absolute atomic E-state index is 0.00419. The molecule has 55 heavy (non-hydrogen) atoms. The maximum atomic E-state index is 14.1. The van der Waals surface area contributed by atoms with Gasteiger partial charge < -0.3 is 20.4 Å². The highest BCUT2D eigenvalue weighted by atomic mass is 32.3. The Morgan fingerprint density at radius 1 is 0.927 bits per heavy atom. The summed E-state index contributed by atoms with van der Waals surface area (Å²) in [4.78, 5) is 59.9. The highest BCUT2D eigenvalue weighted by Crippen LogP contribution is 2.38. The van der Waals surface area contributed by atoms with Crippen molar-refractivity contribution in [2.75, 3.05) is 5.32 Å². The normalized spacial score (nSPS) is 29.2. The standard InChI is InChI=1S/C40H62N4O9S2/c1-12-32(54-33(13-2)55(48,49)50)39(46)44-38-34(40(47)52-35-22(5)14-20(3)15-23(35)6)27(10)31(43-38)18-30-26(9)29(37(42-30)41-28(11)45)19-51-53-36-24(7)16-21(4)17-25(36)8/h18,20-25,32-33,35-36,42H,12-17,19H2,1-11H3,(H,41,45)(H,43,44,46)(H,48,49,50). The van der Waals surface area contributed by atoms with Gasteiger partial charge in [-0.25, -0.2) is 19.6 Å². The number of ether oxygens (including phenoxy) is 1. The number of esters is 1. The van der Waals surface area contributed by atoms with Gasteiger partial charge in [-0.05, 0) is 105 Å². The van der Waals surface area contributed by atoms with Crippen LogP contribution in [-0.2, 0) is 45.6 Å². The molecule has 2 amide bonds. The Bertz CT molecular complexity index is 1760. The summed E-state index contributed by atoms with van der Waals surface area (Å²) < 4.78 is 38.7. The minimum Gasteiger partial charge on any atom is -0.458 e. The smallest absolute Gasteiger partial charge is 0.342 e. The SMILES string of the molecule is CCC(SC(CC)S(=O)(=O)O)C(=O)NC1=NC(=Cc2[nH]c(NC(C)=O)c(COOC3C(C)CC(C)CC3C)c2C)C(C)=C1C(=O)OC1C(C)CC(C)CC1C. The molecule has 1 aromatic rings. The average molecular weight is 807 g/mol. The predicted molar refractivity (Wildman–Crippen MR) is 216 cm³/mol. The Morgan fingerprint density at radius 2 is 1.49 bits per heavy atom. The number of H-pyrrole nitrogens is 1. The van der Waals surface area contributed by atoms with E-state index >= 15 is 0 Å². The van der Waals surface area contributed by atoms with E-state index in [9.17, 15) is 27.4 Å². The number of allylic oxidation sites excluding steroid dienone is 1. The Kier molecular flexibility index (Phi) is 15.4. The summed E-state index contributed by atoms with van der Waals surface area (Å²) >= 11 is 0.845. The van der Waals surface area contributed by atoms with E-state index in [-0.39, 0.29) is 60.8 Å². The lowest BCUT2D eigenvalue weighted by Crippen LogP contribution is -2.42. The molecule has 308 valence electrons. The fourth-order valence-corrected chi connectivity index (χ4v) is 11.0. The first-order chi connectivity index (χ1) is 25.7. The van der Waals surface area contributed by atoms with E-state index in [0.29, 0.717) is 52.0 Å². The van der Waals surface area contributed by atoms with Gasteiger partial charge in [0.05, 0.1) is 17.1 Å². The maximum absolute atomic E-state index is 14.1. The molecule has 4 rings (SSSR count). The number of hydrogen-bond acceptors (Lipinski definition) is 10. The number of amidine groups is 1. The third-order valence-electron chi connectivity index (χ3n) is 11.3. The maximum Gasteiger partial charge on any atom is 0.342 e. The molecule has 1 aromatic heterocycles. The number of thioether (sulfide) groups is 1. The van der Waals surface area contributed by atoms with Crippen LogP contribution in [-0.4, -0.2) is 63.6 Å². The van der Waals surface area contributed by atoms with Gasteiger partial charge in [0.15, 0.2) is 0 Å². The van der Waals surface area contributed by atoms with Crippen LogP contribution in [0, 0.1) is 42.4 Å². The number of carbonyl (C=O) groups is 3. The number of carbonyl (C=O) groups excluding carboxylic acids is 3. The second-order valence-electron chi connectivity index (χ2n) is 16.3. The predicted octanol–water partition coefficient (Wildman–Crippen LogP) is 7.74. The van der Waals surface area contributed by atoms with Crippen LogP contribution in [0.1, 0.15) is 125 Å². The van der Waals surface area contributed by atoms with Crippen molar-refractivity contribution in [3.05, 3.63) is 33.7 Å². The number of anilines is 1. The number of rotatable bonds is 14. The van der Waals surface area contributed by atoms with Gasteiger partial charge in [-0.1, -0.05) is 55.4 Å². The zero-order valence-electron chi connectivity index (χ0n) is 34.3. The molecular weight excluding hydrogens is 745 g/mol. The first kappa shape index (κ1) is 44.7. The Balaban J connectivity index is 1.68. The third-order valence-corrected chi connectivity index (χ3v) is 14.9. The molecule has 6 atom stereocenters. The highest BCUT2D eigenvalue weighted by molar-refractivity contribution is 8.12. The highest BCUT2D eigenvalue weighted by Gasteiger charge is 2.39. The quantitative estimate of drug-likeness (QED) is 0.0628. The lowest BCUT2D eigenvalue weighted by molar-refractivity contribution is -0.354. The van der Waals surface area contributed by atoms with Crippen molar-refractivity contribution < 1.29 is 41.9 Å². The molecule has 4 N–H and O–H groups in total. The number of aromatic nitrogens is 1. The zero-order chi connectivity index (χ0) is 40.9. The van der Waals surface area contributed by atoms with Gasteiger partial charge in [0, 0.05) is 18.2 Å². The number of aromatic amines is 1. The first-order valence-electron chi connectivity index (χ1n) is 19.7. The molecule has 2 fully saturated rings. The minimum atomic E-state index is -4.41. The van der Waals surface area contributed by atoms with Gasteiger partial charge in [0.2, 0.25) is 11.8 Å². The van der Waals surface area contributed by atoms with Crippen molar-refractivity contribution in [3.8, 4) is 0 Å². The summed E-state index contributed by atoms with van der Waals surface area (Å²) in [6.45, 7) is 21.4. The second kappa shape index (κ2) is 19.0. The van der Waals surface area contributed by atoms with Gasteiger partial charge in [0.25, 0.3) is 10.1 Å². The topological polar surface area (TPSA) is 185 Å². The molecule has 1 aliphatic heterocycles. The lowest BCUT2D eigenvalue weighted by Gasteiger charge is -2.37. The summed E-state index contributed by atoms with van der Waals surface area (Å²) in [5.74, 6) is 1.06. The van der Waals surface area contributed by atoms with Crippen LogP contribution >= 0.6 is 11.8 Å². The number of nitrogens with one attached hydrogen (secondary N) is 3. The van der Waals surface area contributed by atoms with Crippen LogP contribution in [0.25, 0.3) is 6.08 Å². The van der Waals surface area contributed by atoms with Crippen molar-refractivity contribution in [1.29, 1.82) is 0 Å². The molecule has 0 bridgehead atoms. The molecule has 3 aliphatic rings. The summed E-state index contributed by atoms with van der Waals surface area (Å²) in [5, 5.41) is 4.78. The van der Waals surface area contributed by atoms with E-state index in [1.54, 1.807) is 26.8 Å². The molecule has 0 radical (unpaired) electrons. The Morgan fingerprint density at radius 3 is 2.00 bits per heavy atom. The Labute approximate surface area is 331 Å². The molecule has 6 unspecified atom stereocenters. The van der Waals surface area contributed by atoms with Crippen molar-refractivity contribution in [1.82, 2.24) is 10.3 Å². The number of aliphatic imine (C=N–C) groups is 1. The van der Waals surface area contributed by atoms with Crippen molar-refractivity contribution >= 4 is 57.4 Å². The summed E-state index contributed by atoms with van der Waals surface area (Å²) in [7, 11) is -4.41. The first-order valence-corrected chi connectivity index (χ1v) is 22.1. The van der Waals surface area contributed by atoms with Crippen molar-refractivity contribution in [2.45, 2.75) is 143 Å². The van der Waals surface area contributed by atoms with Crippen LogP contribution in [0.4, 0.5) is 5.82 Å². The van der Waals surface area contributed by atoms with Gasteiger partial charge in [-0.3, -0.25) is 14.1 Å². The van der Waals surface area contributed by atoms with E-state index in [0.717, 1.165) is 43.0 Å². The van der Waals surface area contributed by atoms with E-state index < -0.39 is 31.8 Å². The van der Waals surface area contributed by atoms with Gasteiger partial charge >= 0.3 is 5.97 Å². The summed E-state index contributed by atoms with van der Waals surface area (Å²) in [5.41, 5.74) is 3.00. The molecule has 0 aromatic carbocycles. The molecular formula is C40H62N4O9S2. The number of hydrogen-bond donors (Lipinski definition) is 4. The van der Waals surface area contributed by atoms with Crippen LogP contribution in [0.5, 0.6) is 0 Å². The number of amides is 2. The second-order valence-corrected chi connectivity index (χ2v) is 19.6.